The van der Waals surface area contributed by atoms with Crippen molar-refractivity contribution in [2.24, 2.45) is 17.6 Å². The van der Waals surface area contributed by atoms with Gasteiger partial charge in [-0.15, -0.1) is 0 Å². The highest BCUT2D eigenvalue weighted by atomic mass is 19.1. The molecule has 0 saturated heterocycles. The van der Waals surface area contributed by atoms with Crippen LogP contribution in [0.25, 0.3) is 11.0 Å². The van der Waals surface area contributed by atoms with E-state index >= 15 is 0 Å². The Balaban J connectivity index is 1.89. The Labute approximate surface area is 125 Å². The maximum Gasteiger partial charge on any atom is 0.134 e. The Morgan fingerprint density at radius 3 is 2.90 bits per heavy atom. The molecule has 3 heteroatoms. The van der Waals surface area contributed by atoms with Crippen LogP contribution in [0.4, 0.5) is 4.39 Å². The van der Waals surface area contributed by atoms with Gasteiger partial charge in [-0.05, 0) is 55.5 Å². The predicted molar refractivity (Wildman–Crippen MR) is 83.7 cm³/mol. The number of benzene rings is 1. The van der Waals surface area contributed by atoms with Crippen molar-refractivity contribution in [2.75, 3.05) is 6.54 Å². The lowest BCUT2D eigenvalue weighted by atomic mass is 9.72. The molecule has 2 aromatic rings. The van der Waals surface area contributed by atoms with Crippen LogP contribution in [0.5, 0.6) is 0 Å². The summed E-state index contributed by atoms with van der Waals surface area (Å²) in [6, 6.07) is 6.74. The van der Waals surface area contributed by atoms with E-state index in [0.717, 1.165) is 29.1 Å². The quantitative estimate of drug-likeness (QED) is 0.875. The van der Waals surface area contributed by atoms with Crippen LogP contribution < -0.4 is 5.73 Å². The van der Waals surface area contributed by atoms with Gasteiger partial charge >= 0.3 is 0 Å². The van der Waals surface area contributed by atoms with E-state index < -0.39 is 0 Å². The van der Waals surface area contributed by atoms with E-state index in [1.165, 1.54) is 31.7 Å². The first-order valence-corrected chi connectivity index (χ1v) is 8.10. The summed E-state index contributed by atoms with van der Waals surface area (Å²) in [6.07, 6.45) is 6.12. The predicted octanol–water partition coefficient (Wildman–Crippen LogP) is 4.83. The molecular formula is C18H24FNO. The molecule has 114 valence electrons. The number of halogens is 1. The van der Waals surface area contributed by atoms with E-state index in [1.807, 2.05) is 6.07 Å². The van der Waals surface area contributed by atoms with Gasteiger partial charge in [-0.25, -0.2) is 4.39 Å². The molecule has 21 heavy (non-hydrogen) atoms. The number of hydrogen-bond donors (Lipinski definition) is 1. The lowest BCUT2D eigenvalue weighted by Gasteiger charge is -2.34. The normalized spacial score (nSPS) is 26.3. The number of furan rings is 1. The molecule has 0 aliphatic heterocycles. The molecule has 1 aliphatic carbocycles. The topological polar surface area (TPSA) is 39.2 Å². The van der Waals surface area contributed by atoms with Gasteiger partial charge < -0.3 is 10.2 Å². The van der Waals surface area contributed by atoms with Crippen molar-refractivity contribution in [2.45, 2.75) is 44.9 Å². The Morgan fingerprint density at radius 1 is 1.29 bits per heavy atom. The third-order valence-electron chi connectivity index (χ3n) is 4.96. The summed E-state index contributed by atoms with van der Waals surface area (Å²) in [6.45, 7) is 2.95. The molecule has 2 nitrogen and oxygen atoms in total. The Morgan fingerprint density at radius 2 is 2.14 bits per heavy atom. The third-order valence-corrected chi connectivity index (χ3v) is 4.96. The molecule has 3 atom stereocenters. The summed E-state index contributed by atoms with van der Waals surface area (Å²) >= 11 is 0. The van der Waals surface area contributed by atoms with E-state index in [-0.39, 0.29) is 5.82 Å². The number of hydrogen-bond acceptors (Lipinski definition) is 2. The summed E-state index contributed by atoms with van der Waals surface area (Å²) in [7, 11) is 0. The highest BCUT2D eigenvalue weighted by Crippen LogP contribution is 2.43. The molecule has 1 aromatic carbocycles. The van der Waals surface area contributed by atoms with E-state index in [9.17, 15) is 4.39 Å². The van der Waals surface area contributed by atoms with Crippen molar-refractivity contribution in [1.29, 1.82) is 0 Å². The smallest absolute Gasteiger partial charge is 0.134 e. The minimum atomic E-state index is -0.210. The van der Waals surface area contributed by atoms with Crippen LogP contribution in [0.2, 0.25) is 0 Å². The van der Waals surface area contributed by atoms with Crippen LogP contribution in [-0.4, -0.2) is 6.54 Å². The monoisotopic (exact) mass is 289 g/mol. The Hall–Kier alpha value is -1.35. The van der Waals surface area contributed by atoms with Crippen molar-refractivity contribution >= 4 is 11.0 Å². The van der Waals surface area contributed by atoms with Crippen molar-refractivity contribution < 1.29 is 8.81 Å². The first kappa shape index (κ1) is 14.6. The van der Waals surface area contributed by atoms with Gasteiger partial charge in [0.05, 0.1) is 0 Å². The molecule has 3 rings (SSSR count). The summed E-state index contributed by atoms with van der Waals surface area (Å²) in [5.74, 6) is 2.43. The summed E-state index contributed by atoms with van der Waals surface area (Å²) < 4.78 is 19.3. The van der Waals surface area contributed by atoms with E-state index in [4.69, 9.17) is 10.2 Å². The van der Waals surface area contributed by atoms with Crippen LogP contribution in [0.3, 0.4) is 0 Å². The summed E-state index contributed by atoms with van der Waals surface area (Å²) in [5, 5.41) is 0.860. The lowest BCUT2D eigenvalue weighted by molar-refractivity contribution is 0.211. The molecule has 0 bridgehead atoms. The minimum Gasteiger partial charge on any atom is -0.461 e. The van der Waals surface area contributed by atoms with Gasteiger partial charge in [0.1, 0.15) is 17.2 Å². The fourth-order valence-electron chi connectivity index (χ4n) is 3.84. The molecule has 0 spiro atoms. The van der Waals surface area contributed by atoms with Gasteiger partial charge in [0.25, 0.3) is 0 Å². The van der Waals surface area contributed by atoms with Crippen LogP contribution in [0, 0.1) is 17.7 Å². The maximum atomic E-state index is 13.3. The average molecular weight is 289 g/mol. The Bertz CT molecular complexity index is 606. The van der Waals surface area contributed by atoms with Crippen LogP contribution in [-0.2, 0) is 0 Å². The van der Waals surface area contributed by atoms with Gasteiger partial charge in [-0.1, -0.05) is 26.2 Å². The van der Waals surface area contributed by atoms with Gasteiger partial charge in [-0.2, -0.15) is 0 Å². The minimum absolute atomic E-state index is 0.210. The standard InChI is InChI=1S/C18H24FNO/c1-2-3-12-4-5-13(11-20)16(8-12)18-10-14-9-15(19)6-7-17(14)21-18/h6-7,9-10,12-13,16H,2-5,8,11,20H2,1H3. The zero-order valence-electron chi connectivity index (χ0n) is 12.6. The molecular weight excluding hydrogens is 265 g/mol. The second kappa shape index (κ2) is 6.18. The number of nitrogens with two attached hydrogens (primary N) is 1. The second-order valence-corrected chi connectivity index (χ2v) is 6.40. The van der Waals surface area contributed by atoms with Crippen molar-refractivity contribution in [1.82, 2.24) is 0 Å². The lowest BCUT2D eigenvalue weighted by Crippen LogP contribution is -2.28. The molecule has 1 aromatic heterocycles. The van der Waals surface area contributed by atoms with Crippen LogP contribution in [0.1, 0.15) is 50.7 Å². The fraction of sp³-hybridized carbons (Fsp3) is 0.556. The number of fused-ring (bicyclic) bond motifs is 1. The second-order valence-electron chi connectivity index (χ2n) is 6.40. The van der Waals surface area contributed by atoms with Gasteiger partial charge in [0.15, 0.2) is 0 Å². The molecule has 1 heterocycles. The largest absolute Gasteiger partial charge is 0.461 e. The fourth-order valence-corrected chi connectivity index (χ4v) is 3.84. The highest BCUT2D eigenvalue weighted by Gasteiger charge is 2.32. The molecule has 1 aliphatic rings. The van der Waals surface area contributed by atoms with Crippen molar-refractivity contribution in [3.05, 3.63) is 35.8 Å². The van der Waals surface area contributed by atoms with Crippen LogP contribution >= 0.6 is 0 Å². The number of rotatable bonds is 4. The molecule has 3 unspecified atom stereocenters. The Kier molecular flexibility index (Phi) is 4.29. The highest BCUT2D eigenvalue weighted by molar-refractivity contribution is 5.78. The van der Waals surface area contributed by atoms with E-state index in [0.29, 0.717) is 18.4 Å². The maximum absolute atomic E-state index is 13.3. The summed E-state index contributed by atoms with van der Waals surface area (Å²) in [5.41, 5.74) is 6.74. The van der Waals surface area contributed by atoms with Crippen LogP contribution in [0.15, 0.2) is 28.7 Å². The SMILES string of the molecule is CCCC1CCC(CN)C(c2cc3cc(F)ccc3o2)C1. The first-order valence-electron chi connectivity index (χ1n) is 8.10. The molecule has 0 radical (unpaired) electrons. The zero-order valence-corrected chi connectivity index (χ0v) is 12.6. The van der Waals surface area contributed by atoms with E-state index in [2.05, 4.69) is 6.92 Å². The summed E-state index contributed by atoms with van der Waals surface area (Å²) in [4.78, 5) is 0. The van der Waals surface area contributed by atoms with Crippen molar-refractivity contribution in [3.63, 3.8) is 0 Å². The first-order chi connectivity index (χ1) is 10.2. The molecule has 1 saturated carbocycles. The average Bonchev–Trinajstić information content (AvgIpc) is 2.90. The third kappa shape index (κ3) is 2.98. The molecule has 0 amide bonds. The van der Waals surface area contributed by atoms with Gasteiger partial charge in [-0.3, -0.25) is 0 Å². The molecule has 1 fully saturated rings. The van der Waals surface area contributed by atoms with E-state index in [1.54, 1.807) is 12.1 Å². The van der Waals surface area contributed by atoms with Crippen molar-refractivity contribution in [3.8, 4) is 0 Å². The van der Waals surface area contributed by atoms with Gasteiger partial charge in [0, 0.05) is 11.3 Å². The molecule has 2 N–H and O–H groups in total. The van der Waals surface area contributed by atoms with Gasteiger partial charge in [0.2, 0.25) is 0 Å². The zero-order chi connectivity index (χ0) is 14.8.